The van der Waals surface area contributed by atoms with Gasteiger partial charge in [0.25, 0.3) is 5.56 Å². The highest BCUT2D eigenvalue weighted by Crippen LogP contribution is 2.43. The molecule has 0 N–H and O–H groups in total. The monoisotopic (exact) mass is 532 g/mol. The molecule has 0 saturated carbocycles. The molecule has 1 fully saturated rings. The van der Waals surface area contributed by atoms with Crippen LogP contribution in [0.25, 0.3) is 22.3 Å². The molecule has 0 radical (unpaired) electrons. The predicted octanol–water partition coefficient (Wildman–Crippen LogP) is 2.25. The summed E-state index contributed by atoms with van der Waals surface area (Å²) in [6, 6.07) is 5.91. The van der Waals surface area contributed by atoms with Crippen LogP contribution < -0.4 is 15.0 Å². The standard InChI is InChI=1S/C29H32N4O6/c1-4-29(36-3)21-12-23-26-19(15-33(23)27(34)20(21)16-39-28(29)35)18(14-32-7-5-31(2)6-8-32)17-11-24-25(13-22(17)30-26)38-10-9-37-24/h11-13H,4-10,14-16H2,1-3H3. The molecule has 0 bridgehead atoms. The van der Waals surface area contributed by atoms with E-state index in [0.717, 1.165) is 66.2 Å². The molecule has 0 spiro atoms. The first kappa shape index (κ1) is 24.6. The fourth-order valence-electron chi connectivity index (χ4n) is 6.44. The second kappa shape index (κ2) is 9.04. The Balaban J connectivity index is 1.44. The van der Waals surface area contributed by atoms with Gasteiger partial charge in [-0.3, -0.25) is 9.69 Å². The Morgan fingerprint density at radius 2 is 1.74 bits per heavy atom. The van der Waals surface area contributed by atoms with Crippen molar-refractivity contribution in [2.45, 2.75) is 38.6 Å². The average molecular weight is 533 g/mol. The smallest absolute Gasteiger partial charge is 0.343 e. The zero-order valence-corrected chi connectivity index (χ0v) is 22.5. The minimum absolute atomic E-state index is 0.0559. The van der Waals surface area contributed by atoms with Gasteiger partial charge in [0, 0.05) is 62.4 Å². The summed E-state index contributed by atoms with van der Waals surface area (Å²) in [5, 5.41) is 1.01. The first-order valence-corrected chi connectivity index (χ1v) is 13.6. The van der Waals surface area contributed by atoms with Crippen LogP contribution in [0.4, 0.5) is 0 Å². The number of carbonyl (C=O) groups excluding carboxylic acids is 1. The Hall–Kier alpha value is -3.47. The molecule has 1 aromatic carbocycles. The van der Waals surface area contributed by atoms with Crippen LogP contribution in [-0.2, 0) is 39.6 Å². The zero-order valence-electron chi connectivity index (χ0n) is 22.5. The summed E-state index contributed by atoms with van der Waals surface area (Å²) >= 11 is 0. The van der Waals surface area contributed by atoms with Crippen LogP contribution in [0, 0.1) is 0 Å². The van der Waals surface area contributed by atoms with Crippen molar-refractivity contribution < 1.29 is 23.7 Å². The molecule has 10 nitrogen and oxygen atoms in total. The van der Waals surface area contributed by atoms with Crippen LogP contribution in [0.15, 0.2) is 23.0 Å². The molecule has 39 heavy (non-hydrogen) atoms. The van der Waals surface area contributed by atoms with E-state index in [2.05, 4.69) is 16.8 Å². The molecule has 2 aromatic heterocycles. The quantitative estimate of drug-likeness (QED) is 0.367. The Labute approximate surface area is 226 Å². The van der Waals surface area contributed by atoms with Gasteiger partial charge in [0.1, 0.15) is 19.8 Å². The van der Waals surface area contributed by atoms with Crippen LogP contribution in [0.5, 0.6) is 11.5 Å². The Morgan fingerprint density at radius 1 is 1.00 bits per heavy atom. The number of fused-ring (bicyclic) bond motifs is 6. The molecular formula is C29H32N4O6. The number of nitrogens with zero attached hydrogens (tertiary/aromatic N) is 4. The van der Waals surface area contributed by atoms with E-state index in [1.165, 1.54) is 7.11 Å². The Morgan fingerprint density at radius 3 is 2.46 bits per heavy atom. The summed E-state index contributed by atoms with van der Waals surface area (Å²) in [6.07, 6.45) is 0.356. The number of carbonyl (C=O) groups is 1. The molecule has 10 heteroatoms. The third-order valence-electron chi connectivity index (χ3n) is 8.76. The van der Waals surface area contributed by atoms with Crippen molar-refractivity contribution in [1.82, 2.24) is 19.4 Å². The van der Waals surface area contributed by atoms with E-state index in [4.69, 9.17) is 23.9 Å². The van der Waals surface area contributed by atoms with Gasteiger partial charge in [-0.15, -0.1) is 0 Å². The zero-order chi connectivity index (χ0) is 26.9. The van der Waals surface area contributed by atoms with Gasteiger partial charge in [-0.1, -0.05) is 6.92 Å². The number of hydrogen-bond acceptors (Lipinski definition) is 9. The molecule has 204 valence electrons. The van der Waals surface area contributed by atoms with E-state index in [1.807, 2.05) is 25.1 Å². The number of benzene rings is 1. The van der Waals surface area contributed by atoms with E-state index in [-0.39, 0.29) is 12.2 Å². The fraction of sp³-hybridized carbons (Fsp3) is 0.483. The molecule has 4 aliphatic rings. The van der Waals surface area contributed by atoms with Crippen molar-refractivity contribution in [3.05, 3.63) is 50.8 Å². The molecule has 4 aliphatic heterocycles. The van der Waals surface area contributed by atoms with Gasteiger partial charge >= 0.3 is 5.97 Å². The molecule has 1 unspecified atom stereocenters. The average Bonchev–Trinajstić information content (AvgIpc) is 3.32. The molecule has 1 atom stereocenters. The number of pyridine rings is 2. The number of likely N-dealkylation sites (N-methyl/N-ethyl adjacent to an activating group) is 1. The third-order valence-corrected chi connectivity index (χ3v) is 8.76. The van der Waals surface area contributed by atoms with Gasteiger partial charge in [0.15, 0.2) is 17.1 Å². The highest BCUT2D eigenvalue weighted by Gasteiger charge is 2.47. The van der Waals surface area contributed by atoms with Gasteiger partial charge in [-0.05, 0) is 31.2 Å². The summed E-state index contributed by atoms with van der Waals surface area (Å²) < 4.78 is 24.8. The number of piperazine rings is 1. The van der Waals surface area contributed by atoms with Crippen molar-refractivity contribution >= 4 is 16.9 Å². The van der Waals surface area contributed by atoms with Crippen LogP contribution >= 0.6 is 0 Å². The molecule has 0 amide bonds. The summed E-state index contributed by atoms with van der Waals surface area (Å²) in [5.74, 6) is 0.940. The van der Waals surface area contributed by atoms with Gasteiger partial charge in [0.2, 0.25) is 0 Å². The van der Waals surface area contributed by atoms with Crippen LogP contribution in [0.1, 0.15) is 35.6 Å². The minimum atomic E-state index is -1.31. The second-order valence-electron chi connectivity index (χ2n) is 10.8. The van der Waals surface area contributed by atoms with Gasteiger partial charge in [-0.2, -0.15) is 0 Å². The predicted molar refractivity (Wildman–Crippen MR) is 143 cm³/mol. The minimum Gasteiger partial charge on any atom is -0.486 e. The van der Waals surface area contributed by atoms with Crippen molar-refractivity contribution in [3.63, 3.8) is 0 Å². The Bertz CT molecular complexity index is 1570. The van der Waals surface area contributed by atoms with E-state index in [1.54, 1.807) is 4.57 Å². The lowest BCUT2D eigenvalue weighted by atomic mass is 9.85. The second-order valence-corrected chi connectivity index (χ2v) is 10.8. The first-order chi connectivity index (χ1) is 18.9. The number of hydrogen-bond donors (Lipinski definition) is 0. The fourth-order valence-corrected chi connectivity index (χ4v) is 6.44. The van der Waals surface area contributed by atoms with Crippen LogP contribution in [0.3, 0.4) is 0 Å². The molecule has 3 aromatic rings. The maximum Gasteiger partial charge on any atom is 0.343 e. The largest absolute Gasteiger partial charge is 0.486 e. The van der Waals surface area contributed by atoms with Crippen molar-refractivity contribution in [2.75, 3.05) is 53.6 Å². The van der Waals surface area contributed by atoms with Gasteiger partial charge in [-0.25, -0.2) is 9.78 Å². The van der Waals surface area contributed by atoms with Gasteiger partial charge < -0.3 is 28.4 Å². The highest BCUT2D eigenvalue weighted by atomic mass is 16.6. The summed E-state index contributed by atoms with van der Waals surface area (Å²) in [5.41, 5.74) is 4.03. The molecule has 0 aliphatic carbocycles. The van der Waals surface area contributed by atoms with E-state index < -0.39 is 11.6 Å². The molecule has 6 heterocycles. The van der Waals surface area contributed by atoms with Crippen molar-refractivity contribution in [2.24, 2.45) is 0 Å². The van der Waals surface area contributed by atoms with E-state index >= 15 is 0 Å². The topological polar surface area (TPSA) is 95.4 Å². The molecular weight excluding hydrogens is 500 g/mol. The maximum atomic E-state index is 13.9. The third kappa shape index (κ3) is 3.62. The van der Waals surface area contributed by atoms with E-state index in [0.29, 0.717) is 48.7 Å². The van der Waals surface area contributed by atoms with Gasteiger partial charge in [0.05, 0.1) is 29.0 Å². The lowest BCUT2D eigenvalue weighted by Crippen LogP contribution is -2.45. The number of esters is 1. The summed E-state index contributed by atoms with van der Waals surface area (Å²) in [4.78, 5) is 36.7. The molecule has 1 saturated heterocycles. The number of methoxy groups -OCH3 is 1. The Kier molecular flexibility index (Phi) is 5.69. The highest BCUT2D eigenvalue weighted by molar-refractivity contribution is 5.91. The lowest BCUT2D eigenvalue weighted by Gasteiger charge is -2.35. The maximum absolute atomic E-state index is 13.9. The number of rotatable bonds is 4. The van der Waals surface area contributed by atoms with E-state index in [9.17, 15) is 9.59 Å². The SMILES string of the molecule is CCC1(OC)C(=O)OCc2c1cc1n(c2=O)Cc2c-1nc1cc3c(cc1c2CN1CCN(C)CC1)OCCO3. The summed E-state index contributed by atoms with van der Waals surface area (Å²) in [6.45, 7) is 7.92. The van der Waals surface area contributed by atoms with Crippen molar-refractivity contribution in [1.29, 1.82) is 0 Å². The number of aromatic nitrogens is 2. The normalized spacial score (nSPS) is 22.4. The molecule has 7 rings (SSSR count). The number of cyclic esters (lactones) is 1. The lowest BCUT2D eigenvalue weighted by molar-refractivity contribution is -0.176. The van der Waals surface area contributed by atoms with Crippen molar-refractivity contribution in [3.8, 4) is 22.9 Å². The first-order valence-electron chi connectivity index (χ1n) is 13.6. The van der Waals surface area contributed by atoms with Crippen LogP contribution in [-0.4, -0.2) is 78.9 Å². The van der Waals surface area contributed by atoms with Crippen LogP contribution in [0.2, 0.25) is 0 Å². The summed E-state index contributed by atoms with van der Waals surface area (Å²) in [7, 11) is 3.64. The number of ether oxygens (including phenoxy) is 4.